The van der Waals surface area contributed by atoms with E-state index in [1.807, 2.05) is 0 Å². The van der Waals surface area contributed by atoms with Gasteiger partial charge < -0.3 is 9.47 Å². The van der Waals surface area contributed by atoms with Crippen LogP contribution in [0.2, 0.25) is 0 Å². The van der Waals surface area contributed by atoms with Crippen molar-refractivity contribution in [2.24, 2.45) is 23.7 Å². The van der Waals surface area contributed by atoms with Crippen molar-refractivity contribution in [3.8, 4) is 12.1 Å². The Morgan fingerprint density at radius 1 is 0.739 bits per heavy atom. The predicted octanol–water partition coefficient (Wildman–Crippen LogP) is 2.69. The van der Waals surface area contributed by atoms with Crippen LogP contribution in [0, 0.1) is 46.3 Å². The molecule has 0 aliphatic heterocycles. The number of esters is 2. The quantitative estimate of drug-likeness (QED) is 0.583. The average Bonchev–Trinajstić information content (AvgIpc) is 2.61. The molecule has 0 aromatic heterocycles. The Labute approximate surface area is 136 Å². The Hall–Kier alpha value is -2.08. The largest absolute Gasteiger partial charge is 0.428 e. The topological polar surface area (TPSA) is 100 Å². The summed E-state index contributed by atoms with van der Waals surface area (Å²) in [6.45, 7) is -0.339. The van der Waals surface area contributed by atoms with Crippen LogP contribution in [0.1, 0.15) is 51.4 Å². The molecule has 2 fully saturated rings. The van der Waals surface area contributed by atoms with E-state index in [4.69, 9.17) is 20.0 Å². The number of rotatable bonds is 4. The Kier molecular flexibility index (Phi) is 6.40. The third-order valence-electron chi connectivity index (χ3n) is 4.89. The van der Waals surface area contributed by atoms with Crippen molar-refractivity contribution in [2.45, 2.75) is 51.4 Å². The standard InChI is InChI=1S/C17H22N2O4/c18-9-12-1-5-14(6-2-12)16(20)22-11-23-17(21)15-7-3-13(10-19)4-8-15/h12-15H,1-8,11H2. The SMILES string of the molecule is N#CC1CCC(C(=O)OCOC(=O)C2CCC(C#N)CC2)CC1. The van der Waals surface area contributed by atoms with Gasteiger partial charge in [-0.1, -0.05) is 0 Å². The lowest BCUT2D eigenvalue weighted by atomic mass is 9.83. The van der Waals surface area contributed by atoms with Crippen molar-refractivity contribution in [2.75, 3.05) is 6.79 Å². The molecule has 2 aliphatic rings. The first kappa shape index (κ1) is 17.3. The van der Waals surface area contributed by atoms with E-state index < -0.39 is 0 Å². The normalized spacial score (nSPS) is 30.5. The van der Waals surface area contributed by atoms with Crippen LogP contribution in [-0.2, 0) is 19.1 Å². The summed E-state index contributed by atoms with van der Waals surface area (Å²) in [6.07, 6.45) is 5.51. The first-order valence-electron chi connectivity index (χ1n) is 8.26. The first-order valence-corrected chi connectivity index (χ1v) is 8.26. The average molecular weight is 318 g/mol. The highest BCUT2D eigenvalue weighted by molar-refractivity contribution is 5.74. The molecule has 0 N–H and O–H groups in total. The summed E-state index contributed by atoms with van der Waals surface area (Å²) < 4.78 is 10.1. The lowest BCUT2D eigenvalue weighted by Gasteiger charge is -2.24. The molecule has 0 heterocycles. The van der Waals surface area contributed by atoms with Gasteiger partial charge in [0.1, 0.15) is 0 Å². The molecule has 0 bridgehead atoms. The summed E-state index contributed by atoms with van der Waals surface area (Å²) in [6, 6.07) is 4.45. The molecule has 0 unspecified atom stereocenters. The van der Waals surface area contributed by atoms with Crippen molar-refractivity contribution < 1.29 is 19.1 Å². The maximum Gasteiger partial charge on any atom is 0.311 e. The molecule has 0 atom stereocenters. The van der Waals surface area contributed by atoms with Gasteiger partial charge in [0, 0.05) is 11.8 Å². The third kappa shape index (κ3) is 4.96. The van der Waals surface area contributed by atoms with E-state index in [-0.39, 0.29) is 42.4 Å². The van der Waals surface area contributed by atoms with Crippen molar-refractivity contribution in [3.05, 3.63) is 0 Å². The van der Waals surface area contributed by atoms with Crippen LogP contribution >= 0.6 is 0 Å². The van der Waals surface area contributed by atoms with Gasteiger partial charge in [-0.15, -0.1) is 0 Å². The molecule has 2 aliphatic carbocycles. The third-order valence-corrected chi connectivity index (χ3v) is 4.89. The molecule has 0 amide bonds. The molecule has 23 heavy (non-hydrogen) atoms. The number of carbonyl (C=O) groups is 2. The fourth-order valence-electron chi connectivity index (χ4n) is 3.30. The maximum atomic E-state index is 11.9. The summed E-state index contributed by atoms with van der Waals surface area (Å²) in [4.78, 5) is 23.8. The van der Waals surface area contributed by atoms with E-state index in [1.54, 1.807) is 0 Å². The number of hydrogen-bond donors (Lipinski definition) is 0. The van der Waals surface area contributed by atoms with Crippen molar-refractivity contribution >= 4 is 11.9 Å². The summed E-state index contributed by atoms with van der Waals surface area (Å²) in [7, 11) is 0. The lowest BCUT2D eigenvalue weighted by Crippen LogP contribution is -2.27. The Bertz CT molecular complexity index is 458. The molecule has 2 rings (SSSR count). The molecule has 0 aromatic carbocycles. The highest BCUT2D eigenvalue weighted by atomic mass is 16.7. The van der Waals surface area contributed by atoms with E-state index in [0.717, 1.165) is 25.7 Å². The monoisotopic (exact) mass is 318 g/mol. The van der Waals surface area contributed by atoms with Crippen LogP contribution in [0.4, 0.5) is 0 Å². The van der Waals surface area contributed by atoms with Gasteiger partial charge in [-0.3, -0.25) is 9.59 Å². The highest BCUT2D eigenvalue weighted by Crippen LogP contribution is 2.30. The maximum absolute atomic E-state index is 11.9. The smallest absolute Gasteiger partial charge is 0.311 e. The minimum Gasteiger partial charge on any atom is -0.428 e. The zero-order valence-corrected chi connectivity index (χ0v) is 13.2. The van der Waals surface area contributed by atoms with E-state index >= 15 is 0 Å². The molecule has 0 aromatic rings. The zero-order valence-electron chi connectivity index (χ0n) is 13.2. The number of ether oxygens (including phenoxy) is 2. The van der Waals surface area contributed by atoms with E-state index in [1.165, 1.54) is 0 Å². The highest BCUT2D eigenvalue weighted by Gasteiger charge is 2.29. The fourth-order valence-corrected chi connectivity index (χ4v) is 3.30. The van der Waals surface area contributed by atoms with Gasteiger partial charge in [-0.2, -0.15) is 10.5 Å². The predicted molar refractivity (Wildman–Crippen MR) is 79.2 cm³/mol. The van der Waals surface area contributed by atoms with Gasteiger partial charge in [0.05, 0.1) is 24.0 Å². The van der Waals surface area contributed by atoms with E-state index in [9.17, 15) is 9.59 Å². The number of carbonyl (C=O) groups excluding carboxylic acids is 2. The molecule has 6 nitrogen and oxygen atoms in total. The molecule has 0 saturated heterocycles. The summed E-state index contributed by atoms with van der Waals surface area (Å²) in [5.41, 5.74) is 0. The van der Waals surface area contributed by atoms with Gasteiger partial charge in [0.25, 0.3) is 0 Å². The summed E-state index contributed by atoms with van der Waals surface area (Å²) >= 11 is 0. The van der Waals surface area contributed by atoms with Crippen LogP contribution in [0.5, 0.6) is 0 Å². The van der Waals surface area contributed by atoms with Crippen molar-refractivity contribution in [3.63, 3.8) is 0 Å². The molecule has 0 radical (unpaired) electrons. The van der Waals surface area contributed by atoms with Crippen molar-refractivity contribution in [1.82, 2.24) is 0 Å². The Morgan fingerprint density at radius 3 is 1.39 bits per heavy atom. The molecule has 0 spiro atoms. The molecular weight excluding hydrogens is 296 g/mol. The van der Waals surface area contributed by atoms with Gasteiger partial charge in [0.15, 0.2) is 0 Å². The van der Waals surface area contributed by atoms with Gasteiger partial charge in [-0.25, -0.2) is 0 Å². The van der Waals surface area contributed by atoms with Gasteiger partial charge in [0.2, 0.25) is 6.79 Å². The lowest BCUT2D eigenvalue weighted by molar-refractivity contribution is -0.174. The second kappa shape index (κ2) is 8.53. The Morgan fingerprint density at radius 2 is 1.09 bits per heavy atom. The van der Waals surface area contributed by atoms with Crippen LogP contribution in [0.25, 0.3) is 0 Å². The number of nitrogens with zero attached hydrogens (tertiary/aromatic N) is 2. The summed E-state index contributed by atoms with van der Waals surface area (Å²) in [5.74, 6) is -0.987. The molecular formula is C17H22N2O4. The Balaban J connectivity index is 1.63. The number of nitriles is 2. The molecule has 124 valence electrons. The molecule has 6 heteroatoms. The minimum absolute atomic E-state index is 0.0421. The van der Waals surface area contributed by atoms with Crippen LogP contribution in [-0.4, -0.2) is 18.7 Å². The van der Waals surface area contributed by atoms with E-state index in [0.29, 0.717) is 25.7 Å². The zero-order chi connectivity index (χ0) is 16.7. The second-order valence-electron chi connectivity index (χ2n) is 6.40. The van der Waals surface area contributed by atoms with Crippen LogP contribution in [0.15, 0.2) is 0 Å². The molecule has 2 saturated carbocycles. The minimum atomic E-state index is -0.345. The van der Waals surface area contributed by atoms with Crippen LogP contribution in [0.3, 0.4) is 0 Å². The van der Waals surface area contributed by atoms with Gasteiger partial charge >= 0.3 is 11.9 Å². The van der Waals surface area contributed by atoms with E-state index in [2.05, 4.69) is 12.1 Å². The van der Waals surface area contributed by atoms with Crippen molar-refractivity contribution in [1.29, 1.82) is 10.5 Å². The fraction of sp³-hybridized carbons (Fsp3) is 0.765. The first-order chi connectivity index (χ1) is 11.1. The second-order valence-corrected chi connectivity index (χ2v) is 6.40. The van der Waals surface area contributed by atoms with Crippen LogP contribution < -0.4 is 0 Å². The van der Waals surface area contributed by atoms with Gasteiger partial charge in [-0.05, 0) is 51.4 Å². The number of hydrogen-bond acceptors (Lipinski definition) is 6. The summed E-state index contributed by atoms with van der Waals surface area (Å²) in [5, 5.41) is 17.7.